The number of aromatic nitrogens is 2. The molecule has 2 aromatic rings. The van der Waals surface area contributed by atoms with Crippen molar-refractivity contribution in [3.63, 3.8) is 0 Å². The minimum atomic E-state index is 0.401. The van der Waals surface area contributed by atoms with Crippen LogP contribution in [0, 0.1) is 19.8 Å². The molecule has 1 fully saturated rings. The summed E-state index contributed by atoms with van der Waals surface area (Å²) in [5.74, 6) is 1.71. The molecule has 2 N–H and O–H groups in total. The summed E-state index contributed by atoms with van der Waals surface area (Å²) in [6.07, 6.45) is 2.87. The van der Waals surface area contributed by atoms with Crippen LogP contribution in [0.4, 0.5) is 5.82 Å². The maximum Gasteiger partial charge on any atom is 0.141 e. The molecule has 0 spiro atoms. The molecule has 5 heteroatoms. The van der Waals surface area contributed by atoms with Gasteiger partial charge in [-0.05, 0) is 31.7 Å². The van der Waals surface area contributed by atoms with E-state index in [1.54, 1.807) is 17.7 Å². The van der Waals surface area contributed by atoms with E-state index in [0.29, 0.717) is 18.5 Å². The first-order chi connectivity index (χ1) is 9.13. The van der Waals surface area contributed by atoms with Crippen molar-refractivity contribution in [2.24, 2.45) is 11.7 Å². The van der Waals surface area contributed by atoms with E-state index in [-0.39, 0.29) is 0 Å². The average Bonchev–Trinajstić information content (AvgIpc) is 2.91. The molecule has 2 atom stereocenters. The number of nitrogens with zero attached hydrogens (tertiary/aromatic N) is 3. The monoisotopic (exact) mass is 276 g/mol. The zero-order valence-corrected chi connectivity index (χ0v) is 12.5. The Labute approximate surface area is 117 Å². The standard InChI is InChI=1S/C14H20N4S/c1-8-4-5-18(11(8)6-15)13-12-9(2)10(3)19-14(12)17-7-16-13/h7-8,11H,4-6,15H2,1-3H3. The molecule has 4 nitrogen and oxygen atoms in total. The topological polar surface area (TPSA) is 55.0 Å². The molecule has 1 aliphatic rings. The minimum Gasteiger partial charge on any atom is -0.351 e. The fourth-order valence-corrected chi connectivity index (χ4v) is 4.00. The van der Waals surface area contributed by atoms with Gasteiger partial charge in [-0.25, -0.2) is 9.97 Å². The molecule has 0 saturated carbocycles. The first kappa shape index (κ1) is 12.8. The summed E-state index contributed by atoms with van der Waals surface area (Å²) in [7, 11) is 0. The molecular weight excluding hydrogens is 256 g/mol. The second kappa shape index (κ2) is 4.72. The fourth-order valence-electron chi connectivity index (χ4n) is 3.01. The number of thiophene rings is 1. The van der Waals surface area contributed by atoms with Crippen LogP contribution in [0.25, 0.3) is 10.2 Å². The molecule has 1 saturated heterocycles. The number of hydrogen-bond acceptors (Lipinski definition) is 5. The lowest BCUT2D eigenvalue weighted by Gasteiger charge is -2.27. The molecular formula is C14H20N4S. The lowest BCUT2D eigenvalue weighted by Crippen LogP contribution is -2.39. The third-order valence-electron chi connectivity index (χ3n) is 4.34. The number of fused-ring (bicyclic) bond motifs is 1. The Balaban J connectivity index is 2.15. The summed E-state index contributed by atoms with van der Waals surface area (Å²) in [6, 6.07) is 0.401. The van der Waals surface area contributed by atoms with Crippen LogP contribution in [0.3, 0.4) is 0 Å². The molecule has 0 amide bonds. The van der Waals surface area contributed by atoms with Crippen molar-refractivity contribution in [2.75, 3.05) is 18.0 Å². The maximum absolute atomic E-state index is 5.96. The van der Waals surface area contributed by atoms with Gasteiger partial charge in [0.25, 0.3) is 0 Å². The molecule has 19 heavy (non-hydrogen) atoms. The smallest absolute Gasteiger partial charge is 0.141 e. The summed E-state index contributed by atoms with van der Waals surface area (Å²) in [5, 5.41) is 1.22. The predicted octanol–water partition coefficient (Wildman–Crippen LogP) is 2.48. The van der Waals surface area contributed by atoms with Gasteiger partial charge in [-0.3, -0.25) is 0 Å². The number of aryl methyl sites for hydroxylation is 2. The number of hydrogen-bond donors (Lipinski definition) is 1. The van der Waals surface area contributed by atoms with Crippen LogP contribution in [0.1, 0.15) is 23.8 Å². The molecule has 1 aliphatic heterocycles. The number of rotatable bonds is 2. The van der Waals surface area contributed by atoms with Crippen molar-refractivity contribution >= 4 is 27.4 Å². The van der Waals surface area contributed by atoms with E-state index in [0.717, 1.165) is 17.2 Å². The largest absolute Gasteiger partial charge is 0.351 e. The van der Waals surface area contributed by atoms with Crippen molar-refractivity contribution < 1.29 is 0 Å². The second-order valence-corrected chi connectivity index (χ2v) is 6.63. The highest BCUT2D eigenvalue weighted by atomic mass is 32.1. The van der Waals surface area contributed by atoms with Gasteiger partial charge in [-0.1, -0.05) is 6.92 Å². The summed E-state index contributed by atoms with van der Waals surface area (Å²) >= 11 is 1.75. The summed E-state index contributed by atoms with van der Waals surface area (Å²) < 4.78 is 0. The first-order valence-corrected chi connectivity index (χ1v) is 7.62. The van der Waals surface area contributed by atoms with Crippen LogP contribution in [0.5, 0.6) is 0 Å². The molecule has 3 rings (SSSR count). The zero-order chi connectivity index (χ0) is 13.6. The Morgan fingerprint density at radius 2 is 2.21 bits per heavy atom. The van der Waals surface area contributed by atoms with Crippen molar-refractivity contribution in [3.05, 3.63) is 16.8 Å². The number of anilines is 1. The number of nitrogens with two attached hydrogens (primary N) is 1. The molecule has 102 valence electrons. The van der Waals surface area contributed by atoms with Crippen LogP contribution in [-0.2, 0) is 0 Å². The third kappa shape index (κ3) is 1.92. The SMILES string of the molecule is Cc1sc2ncnc(N3CCC(C)C3CN)c2c1C. The van der Waals surface area contributed by atoms with Crippen molar-refractivity contribution in [1.82, 2.24) is 9.97 Å². The summed E-state index contributed by atoms with van der Waals surface area (Å²) in [4.78, 5) is 13.8. The Morgan fingerprint density at radius 1 is 1.42 bits per heavy atom. The molecule has 0 aromatic carbocycles. The van der Waals surface area contributed by atoms with E-state index >= 15 is 0 Å². The van der Waals surface area contributed by atoms with Gasteiger partial charge in [-0.2, -0.15) is 0 Å². The van der Waals surface area contributed by atoms with Crippen LogP contribution >= 0.6 is 11.3 Å². The quantitative estimate of drug-likeness (QED) is 0.915. The Hall–Kier alpha value is -1.20. The minimum absolute atomic E-state index is 0.401. The normalized spacial score (nSPS) is 23.5. The molecule has 0 aliphatic carbocycles. The highest BCUT2D eigenvalue weighted by molar-refractivity contribution is 7.18. The Bertz CT molecular complexity index is 607. The lowest BCUT2D eigenvalue weighted by atomic mass is 10.0. The van der Waals surface area contributed by atoms with E-state index in [1.807, 2.05) is 0 Å². The van der Waals surface area contributed by atoms with E-state index in [2.05, 4.69) is 35.6 Å². The van der Waals surface area contributed by atoms with Crippen LogP contribution in [0.15, 0.2) is 6.33 Å². The van der Waals surface area contributed by atoms with Crippen LogP contribution in [-0.4, -0.2) is 29.1 Å². The van der Waals surface area contributed by atoms with E-state index in [9.17, 15) is 0 Å². The third-order valence-corrected chi connectivity index (χ3v) is 5.46. The van der Waals surface area contributed by atoms with Gasteiger partial charge in [0.05, 0.1) is 5.39 Å². The molecule has 0 bridgehead atoms. The molecule has 3 heterocycles. The Kier molecular flexibility index (Phi) is 3.19. The van der Waals surface area contributed by atoms with Crippen LogP contribution < -0.4 is 10.6 Å². The zero-order valence-electron chi connectivity index (χ0n) is 11.7. The lowest BCUT2D eigenvalue weighted by molar-refractivity contribution is 0.518. The molecule has 2 unspecified atom stereocenters. The van der Waals surface area contributed by atoms with Gasteiger partial charge in [0.1, 0.15) is 17.0 Å². The second-order valence-electron chi connectivity index (χ2n) is 5.42. The van der Waals surface area contributed by atoms with Crippen LogP contribution in [0.2, 0.25) is 0 Å². The fraction of sp³-hybridized carbons (Fsp3) is 0.571. The van der Waals surface area contributed by atoms with Gasteiger partial charge < -0.3 is 10.6 Å². The van der Waals surface area contributed by atoms with Gasteiger partial charge in [-0.15, -0.1) is 11.3 Å². The highest BCUT2D eigenvalue weighted by Crippen LogP contribution is 2.37. The van der Waals surface area contributed by atoms with Gasteiger partial charge in [0.15, 0.2) is 0 Å². The maximum atomic E-state index is 5.96. The average molecular weight is 276 g/mol. The highest BCUT2D eigenvalue weighted by Gasteiger charge is 2.32. The Morgan fingerprint density at radius 3 is 2.95 bits per heavy atom. The van der Waals surface area contributed by atoms with Crippen molar-refractivity contribution in [2.45, 2.75) is 33.2 Å². The molecule has 2 aromatic heterocycles. The van der Waals surface area contributed by atoms with E-state index in [4.69, 9.17) is 5.73 Å². The predicted molar refractivity (Wildman–Crippen MR) is 80.9 cm³/mol. The van der Waals surface area contributed by atoms with Crippen molar-refractivity contribution in [3.8, 4) is 0 Å². The summed E-state index contributed by atoms with van der Waals surface area (Å²) in [5.41, 5.74) is 7.27. The van der Waals surface area contributed by atoms with E-state index < -0.39 is 0 Å². The summed E-state index contributed by atoms with van der Waals surface area (Å²) in [6.45, 7) is 8.33. The molecule has 0 radical (unpaired) electrons. The van der Waals surface area contributed by atoms with Gasteiger partial charge in [0, 0.05) is 24.0 Å². The first-order valence-electron chi connectivity index (χ1n) is 6.81. The van der Waals surface area contributed by atoms with Gasteiger partial charge in [0.2, 0.25) is 0 Å². The van der Waals surface area contributed by atoms with E-state index in [1.165, 1.54) is 22.2 Å². The van der Waals surface area contributed by atoms with Gasteiger partial charge >= 0.3 is 0 Å². The van der Waals surface area contributed by atoms with Crippen molar-refractivity contribution in [1.29, 1.82) is 0 Å².